The van der Waals surface area contributed by atoms with E-state index in [0.717, 1.165) is 33.8 Å². The van der Waals surface area contributed by atoms with E-state index in [1.54, 1.807) is 11.6 Å². The van der Waals surface area contributed by atoms with E-state index < -0.39 is 0 Å². The van der Waals surface area contributed by atoms with Crippen molar-refractivity contribution in [3.63, 3.8) is 0 Å². The smallest absolute Gasteiger partial charge is 0.139 e. The molecule has 0 unspecified atom stereocenters. The van der Waals surface area contributed by atoms with Crippen LogP contribution in [0.3, 0.4) is 0 Å². The normalized spacial score (nSPS) is 10.6. The van der Waals surface area contributed by atoms with Crippen LogP contribution in [0.1, 0.15) is 5.56 Å². The van der Waals surface area contributed by atoms with E-state index in [0.29, 0.717) is 11.3 Å². The van der Waals surface area contributed by atoms with E-state index in [2.05, 4.69) is 15.0 Å². The van der Waals surface area contributed by atoms with Crippen molar-refractivity contribution < 1.29 is 4.21 Å². The third-order valence-corrected chi connectivity index (χ3v) is 3.54. The molecule has 0 atom stereocenters. The summed E-state index contributed by atoms with van der Waals surface area (Å²) in [5.41, 5.74) is 3.52. The van der Waals surface area contributed by atoms with E-state index in [1.807, 2.05) is 49.3 Å². The second kappa shape index (κ2) is 5.49. The van der Waals surface area contributed by atoms with Gasteiger partial charge in [0.1, 0.15) is 11.6 Å². The Hall–Kier alpha value is -2.47. The number of para-hydroxylation sites is 2. The average Bonchev–Trinajstić information content (AvgIpc) is 2.91. The summed E-state index contributed by atoms with van der Waals surface area (Å²) >= 11 is 0.419. The predicted molar refractivity (Wildman–Crippen MR) is 87.0 cm³/mol. The third-order valence-electron chi connectivity index (χ3n) is 3.20. The zero-order valence-electron chi connectivity index (χ0n) is 11.7. The highest BCUT2D eigenvalue weighted by atomic mass is 32.1. The van der Waals surface area contributed by atoms with Crippen molar-refractivity contribution in [2.45, 2.75) is 0 Å². The molecule has 2 aromatic heterocycles. The summed E-state index contributed by atoms with van der Waals surface area (Å²) in [6.45, 7) is 0. The first-order chi connectivity index (χ1) is 10.2. The van der Waals surface area contributed by atoms with E-state index in [9.17, 15) is 4.21 Å². The Kier molecular flexibility index (Phi) is 3.53. The molecule has 0 amide bonds. The van der Waals surface area contributed by atoms with Crippen LogP contribution in [-0.4, -0.2) is 38.6 Å². The molecule has 1 aromatic carbocycles. The minimum Gasteiger partial charge on any atom is -0.362 e. The maximum atomic E-state index is 11.0. The number of pyridine rings is 1. The number of imidazole rings is 1. The van der Waals surface area contributed by atoms with Gasteiger partial charge in [-0.1, -0.05) is 12.1 Å². The maximum Gasteiger partial charge on any atom is 0.139 e. The molecular formula is C15H14N4OS. The number of aromatic amines is 1. The van der Waals surface area contributed by atoms with Gasteiger partial charge in [0, 0.05) is 36.8 Å². The van der Waals surface area contributed by atoms with E-state index in [-0.39, 0.29) is 0 Å². The van der Waals surface area contributed by atoms with Gasteiger partial charge in [0.2, 0.25) is 0 Å². The topological polar surface area (TPSA) is 61.9 Å². The van der Waals surface area contributed by atoms with E-state index in [1.165, 1.54) is 0 Å². The first kappa shape index (κ1) is 13.5. The molecule has 0 aliphatic rings. The lowest BCUT2D eigenvalue weighted by atomic mass is 10.1. The largest absolute Gasteiger partial charge is 0.362 e. The summed E-state index contributed by atoms with van der Waals surface area (Å²) in [5, 5.41) is 1.56. The number of hydrogen-bond acceptors (Lipinski definition) is 4. The fraction of sp³-hybridized carbons (Fsp3) is 0.133. The molecule has 0 aliphatic carbocycles. The van der Waals surface area contributed by atoms with Gasteiger partial charge in [-0.15, -0.1) is 0 Å². The minimum absolute atomic E-state index is 0.419. The number of benzene rings is 1. The number of rotatable bonds is 3. The molecule has 0 fully saturated rings. The minimum atomic E-state index is 0.419. The summed E-state index contributed by atoms with van der Waals surface area (Å²) in [6, 6.07) is 9.71. The number of hydrogen-bond donors (Lipinski definition) is 1. The van der Waals surface area contributed by atoms with Crippen LogP contribution in [0, 0.1) is 0 Å². The van der Waals surface area contributed by atoms with Gasteiger partial charge >= 0.3 is 0 Å². The van der Waals surface area contributed by atoms with Crippen LogP contribution in [0.25, 0.3) is 22.4 Å². The summed E-state index contributed by atoms with van der Waals surface area (Å²) < 4.78 is 11.0. The number of nitrogens with zero attached hydrogens (tertiary/aromatic N) is 3. The third kappa shape index (κ3) is 2.45. The molecule has 0 saturated carbocycles. The zero-order valence-corrected chi connectivity index (χ0v) is 12.5. The SMILES string of the molecule is CN(C)c1nccc(-c2nc3ccccc3[nH]2)c1C=S=O. The van der Waals surface area contributed by atoms with Gasteiger partial charge in [-0.05, 0) is 18.2 Å². The summed E-state index contributed by atoms with van der Waals surface area (Å²) in [5.74, 6) is 1.48. The monoisotopic (exact) mass is 298 g/mol. The molecule has 106 valence electrons. The lowest BCUT2D eigenvalue weighted by molar-refractivity contribution is 0.701. The van der Waals surface area contributed by atoms with Gasteiger partial charge < -0.3 is 9.88 Å². The summed E-state index contributed by atoms with van der Waals surface area (Å²) in [4.78, 5) is 14.1. The van der Waals surface area contributed by atoms with Crippen molar-refractivity contribution in [1.82, 2.24) is 15.0 Å². The number of aromatic nitrogens is 3. The van der Waals surface area contributed by atoms with Crippen molar-refractivity contribution >= 4 is 33.5 Å². The van der Waals surface area contributed by atoms with Crippen LogP contribution in [0.2, 0.25) is 0 Å². The summed E-state index contributed by atoms with van der Waals surface area (Å²) in [6.07, 6.45) is 1.73. The molecule has 0 aliphatic heterocycles. The first-order valence-corrected chi connectivity index (χ1v) is 7.24. The quantitative estimate of drug-likeness (QED) is 0.752. The van der Waals surface area contributed by atoms with Crippen LogP contribution >= 0.6 is 0 Å². The van der Waals surface area contributed by atoms with Crippen LogP contribution in [-0.2, 0) is 11.3 Å². The highest BCUT2D eigenvalue weighted by Gasteiger charge is 2.14. The second-order valence-electron chi connectivity index (χ2n) is 4.81. The molecule has 0 bridgehead atoms. The van der Waals surface area contributed by atoms with Crippen LogP contribution < -0.4 is 4.90 Å². The number of H-pyrrole nitrogens is 1. The van der Waals surface area contributed by atoms with Gasteiger partial charge in [0.25, 0.3) is 0 Å². The van der Waals surface area contributed by atoms with Crippen molar-refractivity contribution in [2.24, 2.45) is 0 Å². The van der Waals surface area contributed by atoms with Crippen molar-refractivity contribution in [2.75, 3.05) is 19.0 Å². The molecule has 3 rings (SSSR count). The highest BCUT2D eigenvalue weighted by Crippen LogP contribution is 2.27. The van der Waals surface area contributed by atoms with Crippen molar-refractivity contribution in [1.29, 1.82) is 0 Å². The second-order valence-corrected chi connectivity index (χ2v) is 5.24. The van der Waals surface area contributed by atoms with Crippen LogP contribution in [0.15, 0.2) is 36.5 Å². The van der Waals surface area contributed by atoms with Crippen molar-refractivity contribution in [3.8, 4) is 11.4 Å². The fourth-order valence-electron chi connectivity index (χ4n) is 2.27. The molecule has 2 heterocycles. The van der Waals surface area contributed by atoms with Crippen LogP contribution in [0.4, 0.5) is 5.82 Å². The molecule has 3 aromatic rings. The van der Waals surface area contributed by atoms with Gasteiger partial charge in [0.05, 0.1) is 22.3 Å². The molecule has 21 heavy (non-hydrogen) atoms. The lowest BCUT2D eigenvalue weighted by Gasteiger charge is -2.15. The van der Waals surface area contributed by atoms with Gasteiger partial charge in [0.15, 0.2) is 0 Å². The van der Waals surface area contributed by atoms with E-state index in [4.69, 9.17) is 0 Å². The Morgan fingerprint density at radius 1 is 1.24 bits per heavy atom. The summed E-state index contributed by atoms with van der Waals surface area (Å²) in [7, 11) is 3.80. The molecule has 0 spiro atoms. The van der Waals surface area contributed by atoms with Crippen LogP contribution in [0.5, 0.6) is 0 Å². The maximum absolute atomic E-state index is 11.0. The Morgan fingerprint density at radius 2 is 2.05 bits per heavy atom. The lowest BCUT2D eigenvalue weighted by Crippen LogP contribution is -2.14. The first-order valence-electron chi connectivity index (χ1n) is 6.44. The van der Waals surface area contributed by atoms with Gasteiger partial charge in [-0.3, -0.25) is 0 Å². The van der Waals surface area contributed by atoms with E-state index >= 15 is 0 Å². The number of fused-ring (bicyclic) bond motifs is 1. The van der Waals surface area contributed by atoms with Gasteiger partial charge in [-0.25, -0.2) is 14.2 Å². The van der Waals surface area contributed by atoms with Crippen molar-refractivity contribution in [3.05, 3.63) is 42.1 Å². The molecule has 1 N–H and O–H groups in total. The van der Waals surface area contributed by atoms with Gasteiger partial charge in [-0.2, -0.15) is 0 Å². The molecule has 0 saturated heterocycles. The Labute approximate surface area is 125 Å². The Bertz CT molecular complexity index is 817. The number of nitrogens with one attached hydrogen (secondary N) is 1. The Balaban J connectivity index is 2.26. The fourth-order valence-corrected chi connectivity index (χ4v) is 2.60. The zero-order chi connectivity index (χ0) is 14.8. The molecule has 0 radical (unpaired) electrons. The molecular weight excluding hydrogens is 284 g/mol. The highest BCUT2D eigenvalue weighted by molar-refractivity contribution is 7.65. The number of anilines is 1. The molecule has 6 heteroatoms. The predicted octanol–water partition coefficient (Wildman–Crippen LogP) is 2.05. The Morgan fingerprint density at radius 3 is 2.76 bits per heavy atom. The average molecular weight is 298 g/mol. The molecule has 5 nitrogen and oxygen atoms in total. The standard InChI is InChI=1S/C15H14N4OS/c1-19(2)15-11(9-21-20)10(7-8-16-15)14-17-12-5-3-4-6-13(12)18-14/h3-9H,1-2H3,(H,17,18).